The highest BCUT2D eigenvalue weighted by atomic mass is 19.1. The number of amides is 1. The normalized spacial score (nSPS) is 11.9. The van der Waals surface area contributed by atoms with Gasteiger partial charge in [0.2, 0.25) is 5.91 Å². The average Bonchev–Trinajstić information content (AvgIpc) is 2.86. The van der Waals surface area contributed by atoms with Crippen molar-refractivity contribution in [1.82, 2.24) is 10.2 Å². The highest BCUT2D eigenvalue weighted by molar-refractivity contribution is 5.89. The molecule has 1 aromatic heterocycles. The predicted octanol–water partition coefficient (Wildman–Crippen LogP) is 2.68. The molecule has 0 aliphatic rings. The van der Waals surface area contributed by atoms with Crippen LogP contribution in [-0.4, -0.2) is 16.1 Å². The van der Waals surface area contributed by atoms with Gasteiger partial charge < -0.3 is 10.6 Å². The summed E-state index contributed by atoms with van der Waals surface area (Å²) in [7, 11) is 0. The van der Waals surface area contributed by atoms with Crippen molar-refractivity contribution in [3.05, 3.63) is 42.0 Å². The summed E-state index contributed by atoms with van der Waals surface area (Å²) in [6.45, 7) is 3.29. The van der Waals surface area contributed by atoms with Gasteiger partial charge in [-0.05, 0) is 31.2 Å². The summed E-state index contributed by atoms with van der Waals surface area (Å²) in [4.78, 5) is 11.0. The Morgan fingerprint density at radius 1 is 1.42 bits per heavy atom. The van der Waals surface area contributed by atoms with Crippen LogP contribution < -0.4 is 10.6 Å². The quantitative estimate of drug-likeness (QED) is 0.793. The third-order valence-corrected chi connectivity index (χ3v) is 2.65. The molecule has 1 unspecified atom stereocenters. The first-order chi connectivity index (χ1) is 9.06. The molecule has 2 aromatic rings. The van der Waals surface area contributed by atoms with Crippen LogP contribution in [0.5, 0.6) is 0 Å². The third kappa shape index (κ3) is 3.31. The smallest absolute Gasteiger partial charge is 0.221 e. The molecule has 0 saturated heterocycles. The molecule has 0 aliphatic heterocycles. The van der Waals surface area contributed by atoms with Gasteiger partial charge in [0.25, 0.3) is 0 Å². The fraction of sp³-hybridized carbons (Fsp3) is 0.231. The van der Waals surface area contributed by atoms with Crippen LogP contribution in [0.4, 0.5) is 15.8 Å². The minimum absolute atomic E-state index is 0.00172. The Hall–Kier alpha value is -2.37. The van der Waals surface area contributed by atoms with Gasteiger partial charge in [-0.1, -0.05) is 0 Å². The predicted molar refractivity (Wildman–Crippen MR) is 71.3 cm³/mol. The van der Waals surface area contributed by atoms with Crippen LogP contribution in [0.15, 0.2) is 30.5 Å². The van der Waals surface area contributed by atoms with Crippen LogP contribution in [0.1, 0.15) is 25.6 Å². The summed E-state index contributed by atoms with van der Waals surface area (Å²) < 4.78 is 13.5. The molecular weight excluding hydrogens is 247 g/mol. The molecule has 5 nitrogen and oxygen atoms in total. The largest absolute Gasteiger partial charge is 0.377 e. The number of nitrogens with zero attached hydrogens (tertiary/aromatic N) is 1. The minimum Gasteiger partial charge on any atom is -0.377 e. The van der Waals surface area contributed by atoms with E-state index in [2.05, 4.69) is 20.8 Å². The maximum absolute atomic E-state index is 13.5. The van der Waals surface area contributed by atoms with Crippen molar-refractivity contribution in [2.45, 2.75) is 19.9 Å². The molecule has 0 radical (unpaired) electrons. The number of hydrogen-bond donors (Lipinski definition) is 3. The molecule has 0 bridgehead atoms. The number of carbonyl (C=O) groups is 1. The Morgan fingerprint density at radius 3 is 2.84 bits per heavy atom. The molecule has 1 heterocycles. The first-order valence-electron chi connectivity index (χ1n) is 5.89. The van der Waals surface area contributed by atoms with Crippen LogP contribution >= 0.6 is 0 Å². The van der Waals surface area contributed by atoms with E-state index in [-0.39, 0.29) is 17.6 Å². The lowest BCUT2D eigenvalue weighted by molar-refractivity contribution is -0.114. The van der Waals surface area contributed by atoms with E-state index in [4.69, 9.17) is 0 Å². The second-order valence-corrected chi connectivity index (χ2v) is 4.25. The van der Waals surface area contributed by atoms with E-state index in [1.54, 1.807) is 18.3 Å². The molecule has 1 atom stereocenters. The molecule has 0 saturated carbocycles. The summed E-state index contributed by atoms with van der Waals surface area (Å²) in [6.07, 6.45) is 1.67. The van der Waals surface area contributed by atoms with Crippen molar-refractivity contribution in [3.63, 3.8) is 0 Å². The fourth-order valence-corrected chi connectivity index (χ4v) is 1.74. The average molecular weight is 262 g/mol. The number of H-pyrrole nitrogens is 1. The van der Waals surface area contributed by atoms with E-state index in [1.165, 1.54) is 13.0 Å². The number of carbonyl (C=O) groups excluding carboxylic acids is 1. The van der Waals surface area contributed by atoms with Crippen molar-refractivity contribution in [2.24, 2.45) is 0 Å². The molecule has 2 rings (SSSR count). The second kappa shape index (κ2) is 5.51. The summed E-state index contributed by atoms with van der Waals surface area (Å²) in [5.41, 5.74) is 1.80. The lowest BCUT2D eigenvalue weighted by Crippen LogP contribution is -2.10. The van der Waals surface area contributed by atoms with Gasteiger partial charge in [0.15, 0.2) is 0 Å². The van der Waals surface area contributed by atoms with E-state index < -0.39 is 5.82 Å². The zero-order valence-corrected chi connectivity index (χ0v) is 10.7. The van der Waals surface area contributed by atoms with Crippen LogP contribution in [0.25, 0.3) is 0 Å². The van der Waals surface area contributed by atoms with Crippen molar-refractivity contribution < 1.29 is 9.18 Å². The van der Waals surface area contributed by atoms with Crippen molar-refractivity contribution in [1.29, 1.82) is 0 Å². The third-order valence-electron chi connectivity index (χ3n) is 2.65. The number of benzene rings is 1. The first-order valence-corrected chi connectivity index (χ1v) is 5.89. The number of anilines is 2. The van der Waals surface area contributed by atoms with E-state index in [0.717, 1.165) is 5.69 Å². The van der Waals surface area contributed by atoms with Gasteiger partial charge in [-0.25, -0.2) is 4.39 Å². The number of hydrogen-bond acceptors (Lipinski definition) is 3. The van der Waals surface area contributed by atoms with Crippen LogP contribution in [0.3, 0.4) is 0 Å². The van der Waals surface area contributed by atoms with E-state index >= 15 is 0 Å². The first kappa shape index (κ1) is 13.1. The van der Waals surface area contributed by atoms with Gasteiger partial charge in [0.1, 0.15) is 5.82 Å². The Kier molecular flexibility index (Phi) is 3.79. The molecule has 3 N–H and O–H groups in total. The van der Waals surface area contributed by atoms with Gasteiger partial charge in [-0.15, -0.1) is 0 Å². The summed E-state index contributed by atoms with van der Waals surface area (Å²) in [6, 6.07) is 6.35. The molecule has 19 heavy (non-hydrogen) atoms. The van der Waals surface area contributed by atoms with Crippen molar-refractivity contribution in [3.8, 4) is 0 Å². The van der Waals surface area contributed by atoms with E-state index in [1.807, 2.05) is 13.0 Å². The maximum atomic E-state index is 13.5. The van der Waals surface area contributed by atoms with E-state index in [0.29, 0.717) is 5.69 Å². The Morgan fingerprint density at radius 2 is 2.21 bits per heavy atom. The van der Waals surface area contributed by atoms with Crippen LogP contribution in [0, 0.1) is 5.82 Å². The maximum Gasteiger partial charge on any atom is 0.221 e. The zero-order valence-electron chi connectivity index (χ0n) is 10.7. The molecule has 0 spiro atoms. The molecule has 0 aliphatic carbocycles. The number of aromatic nitrogens is 2. The van der Waals surface area contributed by atoms with Crippen molar-refractivity contribution in [2.75, 3.05) is 10.6 Å². The fourth-order valence-electron chi connectivity index (χ4n) is 1.74. The number of nitrogens with one attached hydrogen (secondary N) is 3. The van der Waals surface area contributed by atoms with Gasteiger partial charge >= 0.3 is 0 Å². The monoisotopic (exact) mass is 262 g/mol. The summed E-state index contributed by atoms with van der Waals surface area (Å²) >= 11 is 0. The molecular formula is C13H15FN4O. The lowest BCUT2D eigenvalue weighted by atomic mass is 10.2. The lowest BCUT2D eigenvalue weighted by Gasteiger charge is -2.15. The Labute approximate surface area is 110 Å². The van der Waals surface area contributed by atoms with Gasteiger partial charge in [-0.2, -0.15) is 5.10 Å². The zero-order chi connectivity index (χ0) is 13.8. The highest BCUT2D eigenvalue weighted by Crippen LogP contribution is 2.23. The Balaban J connectivity index is 2.14. The summed E-state index contributed by atoms with van der Waals surface area (Å²) in [5.74, 6) is -0.771. The topological polar surface area (TPSA) is 69.8 Å². The van der Waals surface area contributed by atoms with Crippen LogP contribution in [-0.2, 0) is 4.79 Å². The standard InChI is InChI=1S/C13H15FN4O/c1-8(12-5-6-15-18-12)16-10-3-4-11(14)13(7-10)17-9(2)19/h3-8,16H,1-2H3,(H,15,18)(H,17,19). The van der Waals surface area contributed by atoms with Gasteiger partial charge in [0, 0.05) is 18.8 Å². The Bertz CT molecular complexity index is 568. The molecule has 1 aromatic carbocycles. The number of halogens is 1. The summed E-state index contributed by atoms with van der Waals surface area (Å²) in [5, 5.41) is 12.4. The minimum atomic E-state index is -0.463. The molecule has 100 valence electrons. The SMILES string of the molecule is CC(=O)Nc1cc(NC(C)c2ccn[nH]2)ccc1F. The molecule has 0 fully saturated rings. The van der Waals surface area contributed by atoms with Gasteiger partial charge in [-0.3, -0.25) is 9.89 Å². The molecule has 1 amide bonds. The van der Waals surface area contributed by atoms with Crippen LogP contribution in [0.2, 0.25) is 0 Å². The number of aromatic amines is 1. The van der Waals surface area contributed by atoms with Gasteiger partial charge in [0.05, 0.1) is 17.4 Å². The van der Waals surface area contributed by atoms with Crippen molar-refractivity contribution >= 4 is 17.3 Å². The molecule has 6 heteroatoms. The second-order valence-electron chi connectivity index (χ2n) is 4.25. The highest BCUT2D eigenvalue weighted by Gasteiger charge is 2.09. The number of rotatable bonds is 4. The van der Waals surface area contributed by atoms with E-state index in [9.17, 15) is 9.18 Å².